The van der Waals surface area contributed by atoms with Gasteiger partial charge in [0.2, 0.25) is 0 Å². The molecule has 0 bridgehead atoms. The van der Waals surface area contributed by atoms with Crippen molar-refractivity contribution in [3.63, 3.8) is 0 Å². The summed E-state index contributed by atoms with van der Waals surface area (Å²) in [6.07, 6.45) is 3.63. The number of ether oxygens (including phenoxy) is 1. The molecule has 0 amide bonds. The van der Waals surface area contributed by atoms with Gasteiger partial charge in [-0.2, -0.15) is 0 Å². The Morgan fingerprint density at radius 3 is 2.36 bits per heavy atom. The van der Waals surface area contributed by atoms with E-state index in [-0.39, 0.29) is 17.0 Å². The summed E-state index contributed by atoms with van der Waals surface area (Å²) in [5.41, 5.74) is 8.54. The first kappa shape index (κ1) is 19.4. The lowest BCUT2D eigenvalue weighted by Crippen LogP contribution is -2.46. The van der Waals surface area contributed by atoms with E-state index in [1.807, 2.05) is 18.3 Å². The maximum Gasteiger partial charge on any atom is 0.137 e. The Morgan fingerprint density at radius 1 is 1.04 bits per heavy atom. The van der Waals surface area contributed by atoms with Crippen molar-refractivity contribution in [3.05, 3.63) is 59.9 Å². The van der Waals surface area contributed by atoms with E-state index in [1.54, 1.807) is 6.20 Å². The number of benzene rings is 1. The van der Waals surface area contributed by atoms with Crippen LogP contribution in [0.3, 0.4) is 0 Å². The molecule has 1 heterocycles. The maximum absolute atomic E-state index is 6.22. The van der Waals surface area contributed by atoms with Gasteiger partial charge < -0.3 is 15.8 Å². The lowest BCUT2D eigenvalue weighted by Gasteiger charge is -2.28. The van der Waals surface area contributed by atoms with Gasteiger partial charge in [-0.05, 0) is 36.5 Å². The molecular formula is C21H31N3O. The molecule has 0 saturated heterocycles. The van der Waals surface area contributed by atoms with Gasteiger partial charge in [0.25, 0.3) is 0 Å². The highest BCUT2D eigenvalue weighted by molar-refractivity contribution is 5.28. The zero-order valence-corrected chi connectivity index (χ0v) is 16.0. The summed E-state index contributed by atoms with van der Waals surface area (Å²) >= 11 is 0. The third-order valence-corrected chi connectivity index (χ3v) is 4.34. The molecule has 1 aromatic carbocycles. The second-order valence-electron chi connectivity index (χ2n) is 8.10. The minimum atomic E-state index is -0.132. The van der Waals surface area contributed by atoms with Crippen molar-refractivity contribution in [2.45, 2.75) is 51.6 Å². The van der Waals surface area contributed by atoms with Crippen LogP contribution in [0, 0.1) is 0 Å². The summed E-state index contributed by atoms with van der Waals surface area (Å²) in [6.45, 7) is 11.9. The van der Waals surface area contributed by atoms with Crippen molar-refractivity contribution in [2.24, 2.45) is 5.73 Å². The summed E-state index contributed by atoms with van der Waals surface area (Å²) in [6, 6.07) is 12.3. The van der Waals surface area contributed by atoms with Crippen LogP contribution < -0.4 is 15.8 Å². The summed E-state index contributed by atoms with van der Waals surface area (Å²) in [7, 11) is 0. The normalized spacial score (nSPS) is 13.5. The van der Waals surface area contributed by atoms with Gasteiger partial charge in [0.15, 0.2) is 0 Å². The molecule has 0 aliphatic carbocycles. The zero-order valence-electron chi connectivity index (χ0n) is 16.0. The van der Waals surface area contributed by atoms with Crippen LogP contribution in [0.5, 0.6) is 5.75 Å². The van der Waals surface area contributed by atoms with E-state index in [4.69, 9.17) is 10.5 Å². The molecule has 0 radical (unpaired) electrons. The molecule has 0 fully saturated rings. The second kappa shape index (κ2) is 7.98. The molecule has 0 saturated carbocycles. The first-order valence-electron chi connectivity index (χ1n) is 8.83. The van der Waals surface area contributed by atoms with Crippen LogP contribution in [-0.4, -0.2) is 24.2 Å². The molecule has 0 aliphatic rings. The molecule has 1 atom stereocenters. The van der Waals surface area contributed by atoms with E-state index in [1.165, 1.54) is 5.56 Å². The Morgan fingerprint density at radius 2 is 1.72 bits per heavy atom. The zero-order chi connectivity index (χ0) is 18.5. The summed E-state index contributed by atoms with van der Waals surface area (Å²) < 4.78 is 5.85. The van der Waals surface area contributed by atoms with E-state index < -0.39 is 0 Å². The fourth-order valence-electron chi connectivity index (χ4n) is 2.51. The van der Waals surface area contributed by atoms with Gasteiger partial charge >= 0.3 is 0 Å². The Bertz CT molecular complexity index is 662. The lowest BCUT2D eigenvalue weighted by atomic mass is 9.88. The molecule has 0 unspecified atom stereocenters. The number of nitrogens with two attached hydrogens (primary N) is 1. The lowest BCUT2D eigenvalue weighted by molar-refractivity contribution is 0.269. The molecule has 4 nitrogen and oxygen atoms in total. The number of aromatic nitrogens is 1. The topological polar surface area (TPSA) is 60.2 Å². The molecule has 0 aliphatic heterocycles. The Hall–Kier alpha value is -1.91. The largest absolute Gasteiger partial charge is 0.490 e. The predicted molar refractivity (Wildman–Crippen MR) is 104 cm³/mol. The highest BCUT2D eigenvalue weighted by atomic mass is 16.5. The predicted octanol–water partition coefficient (Wildman–Crippen LogP) is 3.61. The van der Waals surface area contributed by atoms with Crippen LogP contribution >= 0.6 is 0 Å². The van der Waals surface area contributed by atoms with E-state index in [0.29, 0.717) is 13.2 Å². The number of hydrogen-bond acceptors (Lipinski definition) is 4. The van der Waals surface area contributed by atoms with Crippen molar-refractivity contribution in [1.82, 2.24) is 10.3 Å². The molecule has 4 heteroatoms. The van der Waals surface area contributed by atoms with Gasteiger partial charge in [0.05, 0.1) is 12.2 Å². The van der Waals surface area contributed by atoms with Gasteiger partial charge in [0.1, 0.15) is 12.4 Å². The van der Waals surface area contributed by atoms with Crippen LogP contribution in [0.15, 0.2) is 48.8 Å². The van der Waals surface area contributed by atoms with Crippen molar-refractivity contribution < 1.29 is 4.74 Å². The van der Waals surface area contributed by atoms with Crippen LogP contribution in [0.1, 0.15) is 45.7 Å². The monoisotopic (exact) mass is 341 g/mol. The van der Waals surface area contributed by atoms with Crippen LogP contribution in [-0.2, 0) is 11.0 Å². The SMILES string of the molecule is CC(C)(C)c1cncc(OC[C@@H](N)CNC(C)(C)c2ccccc2)c1. The molecule has 25 heavy (non-hydrogen) atoms. The molecule has 136 valence electrons. The van der Waals surface area contributed by atoms with Crippen molar-refractivity contribution in [2.75, 3.05) is 13.2 Å². The first-order valence-corrected chi connectivity index (χ1v) is 8.83. The fourth-order valence-corrected chi connectivity index (χ4v) is 2.51. The van der Waals surface area contributed by atoms with Crippen LogP contribution in [0.25, 0.3) is 0 Å². The summed E-state index contributed by atoms with van der Waals surface area (Å²) in [5.74, 6) is 0.769. The maximum atomic E-state index is 6.22. The molecular weight excluding hydrogens is 310 g/mol. The first-order chi connectivity index (χ1) is 11.7. The van der Waals surface area contributed by atoms with E-state index in [0.717, 1.165) is 11.3 Å². The van der Waals surface area contributed by atoms with Gasteiger partial charge in [-0.1, -0.05) is 51.1 Å². The Labute approximate surface area is 151 Å². The standard InChI is InChI=1S/C21H31N3O/c1-20(2,3)17-11-19(14-23-12-17)25-15-18(22)13-24-21(4,5)16-9-7-6-8-10-16/h6-12,14,18,24H,13,15,22H2,1-5H3/t18-/m0/s1. The second-order valence-corrected chi connectivity index (χ2v) is 8.10. The molecule has 1 aromatic heterocycles. The average Bonchev–Trinajstić information content (AvgIpc) is 2.58. The van der Waals surface area contributed by atoms with Gasteiger partial charge in [-0.25, -0.2) is 0 Å². The van der Waals surface area contributed by atoms with Crippen molar-refractivity contribution >= 4 is 0 Å². The average molecular weight is 341 g/mol. The van der Waals surface area contributed by atoms with Crippen molar-refractivity contribution in [3.8, 4) is 5.75 Å². The molecule has 2 rings (SSSR count). The number of hydrogen-bond donors (Lipinski definition) is 2. The molecule has 3 N–H and O–H groups in total. The smallest absolute Gasteiger partial charge is 0.137 e. The van der Waals surface area contributed by atoms with Crippen molar-refractivity contribution in [1.29, 1.82) is 0 Å². The Kier molecular flexibility index (Phi) is 6.20. The number of rotatable bonds is 7. The molecule has 0 spiro atoms. The van der Waals surface area contributed by atoms with Gasteiger partial charge in [0, 0.05) is 18.3 Å². The fraction of sp³-hybridized carbons (Fsp3) is 0.476. The number of nitrogens with zero attached hydrogens (tertiary/aromatic N) is 1. The third-order valence-electron chi connectivity index (χ3n) is 4.34. The minimum absolute atomic E-state index is 0.0513. The molecule has 2 aromatic rings. The van der Waals surface area contributed by atoms with E-state index in [9.17, 15) is 0 Å². The number of nitrogens with one attached hydrogen (secondary N) is 1. The van der Waals surface area contributed by atoms with E-state index >= 15 is 0 Å². The van der Waals surface area contributed by atoms with E-state index in [2.05, 4.69) is 69.2 Å². The minimum Gasteiger partial charge on any atom is -0.490 e. The summed E-state index contributed by atoms with van der Waals surface area (Å²) in [4.78, 5) is 4.27. The number of pyridine rings is 1. The quantitative estimate of drug-likeness (QED) is 0.808. The van der Waals surface area contributed by atoms with Gasteiger partial charge in [-0.3, -0.25) is 4.98 Å². The van der Waals surface area contributed by atoms with Gasteiger partial charge in [-0.15, -0.1) is 0 Å². The van der Waals surface area contributed by atoms with Crippen LogP contribution in [0.4, 0.5) is 0 Å². The highest BCUT2D eigenvalue weighted by Crippen LogP contribution is 2.24. The Balaban J connectivity index is 1.86. The summed E-state index contributed by atoms with van der Waals surface area (Å²) in [5, 5.41) is 3.53. The van der Waals surface area contributed by atoms with Crippen LogP contribution in [0.2, 0.25) is 0 Å². The third kappa shape index (κ3) is 5.83. The highest BCUT2D eigenvalue weighted by Gasteiger charge is 2.20.